The minimum absolute atomic E-state index is 0.786. The van der Waals surface area contributed by atoms with Gasteiger partial charge < -0.3 is 4.90 Å². The van der Waals surface area contributed by atoms with E-state index in [1.54, 1.807) is 0 Å². The number of piperidine rings is 2. The van der Waals surface area contributed by atoms with E-state index < -0.39 is 0 Å². The van der Waals surface area contributed by atoms with Crippen molar-refractivity contribution in [1.29, 1.82) is 0 Å². The number of hydrazine groups is 1. The third-order valence-electron chi connectivity index (χ3n) is 4.15. The molecule has 4 nitrogen and oxygen atoms in total. The van der Waals surface area contributed by atoms with Gasteiger partial charge in [0.25, 0.3) is 0 Å². The molecule has 2 heterocycles. The van der Waals surface area contributed by atoms with E-state index in [4.69, 9.17) is 0 Å². The zero-order valence-electron chi connectivity index (χ0n) is 10.7. The van der Waals surface area contributed by atoms with Gasteiger partial charge in [0.15, 0.2) is 0 Å². The number of carbonyl (C=O) groups excluding carboxylic acids is 1. The molecule has 2 saturated heterocycles. The summed E-state index contributed by atoms with van der Waals surface area (Å²) in [7, 11) is 0. The maximum atomic E-state index is 10.3. The third-order valence-corrected chi connectivity index (χ3v) is 4.15. The molecule has 2 aliphatic rings. The van der Waals surface area contributed by atoms with Crippen molar-refractivity contribution in [3.8, 4) is 0 Å². The first kappa shape index (κ1) is 12.8. The molecule has 0 aromatic rings. The maximum Gasteiger partial charge on any atom is 0.221 e. The van der Waals surface area contributed by atoms with Crippen LogP contribution in [0.15, 0.2) is 0 Å². The van der Waals surface area contributed by atoms with Crippen molar-refractivity contribution in [1.82, 2.24) is 15.3 Å². The lowest BCUT2D eigenvalue weighted by atomic mass is 9.94. The van der Waals surface area contributed by atoms with Gasteiger partial charge in [0.1, 0.15) is 0 Å². The van der Waals surface area contributed by atoms with Crippen molar-refractivity contribution < 1.29 is 4.79 Å². The number of likely N-dealkylation sites (tertiary alicyclic amines) is 1. The van der Waals surface area contributed by atoms with Gasteiger partial charge in [-0.3, -0.25) is 10.2 Å². The molecule has 1 N–H and O–H groups in total. The molecule has 0 spiro atoms. The quantitative estimate of drug-likeness (QED) is 0.733. The van der Waals surface area contributed by atoms with Crippen LogP contribution in [0.25, 0.3) is 0 Å². The Morgan fingerprint density at radius 3 is 2.41 bits per heavy atom. The Kier molecular flexibility index (Phi) is 5.26. The number of nitrogens with zero attached hydrogens (tertiary/aromatic N) is 2. The monoisotopic (exact) mass is 239 g/mol. The summed E-state index contributed by atoms with van der Waals surface area (Å²) in [5.41, 5.74) is 2.75. The van der Waals surface area contributed by atoms with Crippen molar-refractivity contribution in [3.63, 3.8) is 0 Å². The molecule has 0 aromatic carbocycles. The van der Waals surface area contributed by atoms with Gasteiger partial charge >= 0.3 is 0 Å². The lowest BCUT2D eigenvalue weighted by Gasteiger charge is -2.33. The Morgan fingerprint density at radius 1 is 1.06 bits per heavy atom. The highest BCUT2D eigenvalue weighted by Gasteiger charge is 2.19. The van der Waals surface area contributed by atoms with Crippen molar-refractivity contribution in [2.45, 2.75) is 38.5 Å². The second-order valence-corrected chi connectivity index (χ2v) is 5.37. The first-order valence-corrected chi connectivity index (χ1v) is 7.05. The Balaban J connectivity index is 1.59. The average molecular weight is 239 g/mol. The highest BCUT2D eigenvalue weighted by atomic mass is 16.1. The number of hydrogen-bond acceptors (Lipinski definition) is 3. The molecule has 0 aliphatic carbocycles. The molecular formula is C13H25N3O. The average Bonchev–Trinajstić information content (AvgIpc) is 2.40. The van der Waals surface area contributed by atoms with Gasteiger partial charge in [-0.15, -0.1) is 0 Å². The summed E-state index contributed by atoms with van der Waals surface area (Å²) < 4.78 is 0. The fourth-order valence-electron chi connectivity index (χ4n) is 2.97. The summed E-state index contributed by atoms with van der Waals surface area (Å²) in [6.45, 7) is 5.94. The van der Waals surface area contributed by atoms with Gasteiger partial charge in [-0.2, -0.15) is 0 Å². The van der Waals surface area contributed by atoms with Crippen LogP contribution < -0.4 is 5.43 Å². The number of carbonyl (C=O) groups is 1. The predicted molar refractivity (Wildman–Crippen MR) is 68.4 cm³/mol. The van der Waals surface area contributed by atoms with E-state index in [0.29, 0.717) is 0 Å². The molecule has 0 bridgehead atoms. The van der Waals surface area contributed by atoms with Gasteiger partial charge in [0.2, 0.25) is 6.41 Å². The fraction of sp³-hybridized carbons (Fsp3) is 0.923. The molecule has 0 atom stereocenters. The predicted octanol–water partition coefficient (Wildman–Crippen LogP) is 1.24. The first-order chi connectivity index (χ1) is 8.38. The van der Waals surface area contributed by atoms with Gasteiger partial charge in [0.05, 0.1) is 0 Å². The molecule has 0 aromatic heterocycles. The zero-order chi connectivity index (χ0) is 11.9. The maximum absolute atomic E-state index is 10.3. The molecule has 0 unspecified atom stereocenters. The first-order valence-electron chi connectivity index (χ1n) is 7.05. The lowest BCUT2D eigenvalue weighted by molar-refractivity contribution is -0.114. The Hall–Kier alpha value is -0.610. The van der Waals surface area contributed by atoms with Crippen LogP contribution in [0.5, 0.6) is 0 Å². The zero-order valence-corrected chi connectivity index (χ0v) is 10.7. The van der Waals surface area contributed by atoms with E-state index >= 15 is 0 Å². The van der Waals surface area contributed by atoms with E-state index in [1.165, 1.54) is 58.2 Å². The second kappa shape index (κ2) is 6.97. The summed E-state index contributed by atoms with van der Waals surface area (Å²) in [6.07, 6.45) is 8.79. The van der Waals surface area contributed by atoms with Crippen LogP contribution in [-0.4, -0.2) is 49.0 Å². The normalized spacial score (nSPS) is 24.7. The standard InChI is InChI=1S/C13H25N3O/c17-12-14-16-10-5-13(6-11-16)4-9-15-7-2-1-3-8-15/h12-13H,1-11H2,(H,14,17). The summed E-state index contributed by atoms with van der Waals surface area (Å²) in [5, 5.41) is 2.03. The van der Waals surface area contributed by atoms with Crippen molar-refractivity contribution >= 4 is 6.41 Å². The molecule has 0 saturated carbocycles. The van der Waals surface area contributed by atoms with Crippen molar-refractivity contribution in [2.24, 2.45) is 5.92 Å². The Morgan fingerprint density at radius 2 is 1.76 bits per heavy atom. The van der Waals surface area contributed by atoms with Crippen LogP contribution in [0.3, 0.4) is 0 Å². The largest absolute Gasteiger partial charge is 0.303 e. The van der Waals surface area contributed by atoms with Gasteiger partial charge in [-0.05, 0) is 57.7 Å². The smallest absolute Gasteiger partial charge is 0.221 e. The Bertz CT molecular complexity index is 221. The molecule has 0 radical (unpaired) electrons. The summed E-state index contributed by atoms with van der Waals surface area (Å²) >= 11 is 0. The second-order valence-electron chi connectivity index (χ2n) is 5.37. The van der Waals surface area contributed by atoms with E-state index in [2.05, 4.69) is 10.3 Å². The van der Waals surface area contributed by atoms with E-state index in [-0.39, 0.29) is 0 Å². The van der Waals surface area contributed by atoms with E-state index in [1.807, 2.05) is 5.01 Å². The molecule has 1 amide bonds. The molecule has 17 heavy (non-hydrogen) atoms. The lowest BCUT2D eigenvalue weighted by Crippen LogP contribution is -2.43. The summed E-state index contributed by atoms with van der Waals surface area (Å²) in [4.78, 5) is 13.0. The van der Waals surface area contributed by atoms with Crippen LogP contribution in [0, 0.1) is 5.92 Å². The number of nitrogens with one attached hydrogen (secondary N) is 1. The van der Waals surface area contributed by atoms with Crippen molar-refractivity contribution in [2.75, 3.05) is 32.7 Å². The summed E-state index contributed by atoms with van der Waals surface area (Å²) in [5.74, 6) is 0.863. The van der Waals surface area contributed by atoms with Gasteiger partial charge in [-0.25, -0.2) is 5.01 Å². The van der Waals surface area contributed by atoms with Crippen LogP contribution in [-0.2, 0) is 4.79 Å². The van der Waals surface area contributed by atoms with Crippen LogP contribution in [0.2, 0.25) is 0 Å². The molecule has 2 fully saturated rings. The van der Waals surface area contributed by atoms with E-state index in [0.717, 1.165) is 25.4 Å². The molecule has 98 valence electrons. The molecule has 2 rings (SSSR count). The Labute approximate surface area is 104 Å². The van der Waals surface area contributed by atoms with Crippen molar-refractivity contribution in [3.05, 3.63) is 0 Å². The minimum atomic E-state index is 0.786. The number of rotatable bonds is 5. The minimum Gasteiger partial charge on any atom is -0.303 e. The fourth-order valence-corrected chi connectivity index (χ4v) is 2.97. The molecular weight excluding hydrogens is 214 g/mol. The topological polar surface area (TPSA) is 35.6 Å². The highest BCUT2D eigenvalue weighted by molar-refractivity contribution is 5.44. The summed E-state index contributed by atoms with van der Waals surface area (Å²) in [6, 6.07) is 0. The number of amides is 1. The van der Waals surface area contributed by atoms with Crippen LogP contribution in [0.4, 0.5) is 0 Å². The van der Waals surface area contributed by atoms with Crippen LogP contribution >= 0.6 is 0 Å². The highest BCUT2D eigenvalue weighted by Crippen LogP contribution is 2.20. The third kappa shape index (κ3) is 4.28. The van der Waals surface area contributed by atoms with Gasteiger partial charge in [-0.1, -0.05) is 6.42 Å². The molecule has 4 heteroatoms. The SMILES string of the molecule is O=CNN1CCC(CCN2CCCCC2)CC1. The molecule has 2 aliphatic heterocycles. The van der Waals surface area contributed by atoms with Gasteiger partial charge in [0, 0.05) is 13.1 Å². The van der Waals surface area contributed by atoms with E-state index in [9.17, 15) is 4.79 Å². The van der Waals surface area contributed by atoms with Crippen LogP contribution in [0.1, 0.15) is 38.5 Å². The number of hydrogen-bond donors (Lipinski definition) is 1.